The molecule has 0 bridgehead atoms. The Balaban J connectivity index is 2.09. The number of benzene rings is 1. The molecule has 1 amide bonds. The first-order valence-electron chi connectivity index (χ1n) is 9.61. The fraction of sp³-hybridized carbons (Fsp3) is 0.409. The molecule has 0 aliphatic heterocycles. The largest absolute Gasteiger partial charge is 0.355 e. The predicted molar refractivity (Wildman–Crippen MR) is 110 cm³/mol. The third kappa shape index (κ3) is 4.57. The summed E-state index contributed by atoms with van der Waals surface area (Å²) < 4.78 is 0. The second-order valence-electron chi connectivity index (χ2n) is 7.35. The number of H-pyrrole nitrogens is 1. The highest BCUT2D eigenvalue weighted by Gasteiger charge is 2.29. The number of aromatic nitrogens is 1. The molecule has 0 radical (unpaired) electrons. The summed E-state index contributed by atoms with van der Waals surface area (Å²) in [7, 11) is 1.82. The van der Waals surface area contributed by atoms with Crippen LogP contribution in [0.1, 0.15) is 58.4 Å². The Kier molecular flexibility index (Phi) is 6.91. The number of para-hydroxylation sites is 1. The summed E-state index contributed by atoms with van der Waals surface area (Å²) in [6.45, 7) is 9.08. The molecule has 3 N–H and O–H groups in total. The van der Waals surface area contributed by atoms with E-state index in [1.165, 1.54) is 6.92 Å². The maximum Gasteiger partial charge on any atom is 0.279 e. The van der Waals surface area contributed by atoms with E-state index in [2.05, 4.69) is 10.3 Å². The molecule has 0 fully saturated rings. The SMILES string of the molecule is CCc1ccccc1NC(=O)C[NH+](C)[C@H](C)C(=O)c1[nH]c(C)c(C(C)=O)c1C. The van der Waals surface area contributed by atoms with Gasteiger partial charge in [-0.2, -0.15) is 0 Å². The number of amides is 1. The minimum atomic E-state index is -0.427. The maximum atomic E-state index is 12.9. The number of aromatic amines is 1. The van der Waals surface area contributed by atoms with E-state index in [0.717, 1.165) is 22.6 Å². The van der Waals surface area contributed by atoms with Crippen LogP contribution in [0.5, 0.6) is 0 Å². The number of ketones is 2. The number of likely N-dealkylation sites (N-methyl/N-ethyl adjacent to an activating group) is 1. The first-order chi connectivity index (χ1) is 13.2. The third-order valence-electron chi connectivity index (χ3n) is 5.28. The van der Waals surface area contributed by atoms with Gasteiger partial charge in [0.25, 0.3) is 5.91 Å². The smallest absolute Gasteiger partial charge is 0.279 e. The van der Waals surface area contributed by atoms with Crippen LogP contribution in [0.15, 0.2) is 24.3 Å². The van der Waals surface area contributed by atoms with Gasteiger partial charge in [-0.1, -0.05) is 25.1 Å². The number of hydrogen-bond donors (Lipinski definition) is 3. The summed E-state index contributed by atoms with van der Waals surface area (Å²) in [5, 5.41) is 2.94. The Morgan fingerprint density at radius 3 is 2.39 bits per heavy atom. The highest BCUT2D eigenvalue weighted by atomic mass is 16.2. The lowest BCUT2D eigenvalue weighted by Gasteiger charge is -2.20. The van der Waals surface area contributed by atoms with Gasteiger partial charge in [0.2, 0.25) is 5.78 Å². The number of rotatable bonds is 8. The fourth-order valence-corrected chi connectivity index (χ4v) is 3.52. The molecule has 0 aliphatic rings. The molecular weight excluding hydrogens is 354 g/mol. The normalized spacial score (nSPS) is 13.1. The second-order valence-corrected chi connectivity index (χ2v) is 7.35. The van der Waals surface area contributed by atoms with Gasteiger partial charge in [-0.05, 0) is 51.3 Å². The summed E-state index contributed by atoms with van der Waals surface area (Å²) in [6.07, 6.45) is 0.831. The average molecular weight is 385 g/mol. The number of carbonyl (C=O) groups excluding carboxylic acids is 3. The van der Waals surface area contributed by atoms with E-state index < -0.39 is 6.04 Å². The van der Waals surface area contributed by atoms with Crippen molar-refractivity contribution in [3.63, 3.8) is 0 Å². The van der Waals surface area contributed by atoms with Crippen molar-refractivity contribution in [3.8, 4) is 0 Å². The highest BCUT2D eigenvalue weighted by molar-refractivity contribution is 6.04. The molecule has 150 valence electrons. The molecule has 1 heterocycles. The van der Waals surface area contributed by atoms with Crippen LogP contribution in [-0.4, -0.2) is 42.1 Å². The van der Waals surface area contributed by atoms with Crippen molar-refractivity contribution in [3.05, 3.63) is 52.3 Å². The number of anilines is 1. The Morgan fingerprint density at radius 2 is 1.82 bits per heavy atom. The quantitative estimate of drug-likeness (QED) is 0.610. The van der Waals surface area contributed by atoms with Crippen molar-refractivity contribution in [2.24, 2.45) is 0 Å². The zero-order valence-electron chi connectivity index (χ0n) is 17.5. The van der Waals surface area contributed by atoms with Gasteiger partial charge in [-0.15, -0.1) is 0 Å². The van der Waals surface area contributed by atoms with Crippen molar-refractivity contribution < 1.29 is 19.3 Å². The second kappa shape index (κ2) is 8.97. The monoisotopic (exact) mass is 384 g/mol. The molecule has 0 aliphatic carbocycles. The number of carbonyl (C=O) groups is 3. The van der Waals surface area contributed by atoms with Gasteiger partial charge in [0.15, 0.2) is 18.4 Å². The minimum Gasteiger partial charge on any atom is -0.355 e. The molecule has 1 aromatic carbocycles. The molecule has 28 heavy (non-hydrogen) atoms. The Labute approximate surface area is 166 Å². The lowest BCUT2D eigenvalue weighted by Crippen LogP contribution is -3.14. The topological polar surface area (TPSA) is 83.5 Å². The Hall–Kier alpha value is -2.73. The van der Waals surface area contributed by atoms with E-state index in [4.69, 9.17) is 0 Å². The summed E-state index contributed by atoms with van der Waals surface area (Å²) in [4.78, 5) is 41.1. The molecule has 2 rings (SSSR count). The first kappa shape index (κ1) is 21.6. The predicted octanol–water partition coefficient (Wildman–Crippen LogP) is 2.12. The van der Waals surface area contributed by atoms with E-state index in [1.54, 1.807) is 20.8 Å². The third-order valence-corrected chi connectivity index (χ3v) is 5.28. The van der Waals surface area contributed by atoms with Gasteiger partial charge in [-0.3, -0.25) is 14.4 Å². The van der Waals surface area contributed by atoms with Crippen molar-refractivity contribution in [2.45, 2.75) is 47.1 Å². The van der Waals surface area contributed by atoms with E-state index >= 15 is 0 Å². The van der Waals surface area contributed by atoms with Crippen LogP contribution in [0, 0.1) is 13.8 Å². The van der Waals surface area contributed by atoms with Gasteiger partial charge >= 0.3 is 0 Å². The van der Waals surface area contributed by atoms with E-state index in [9.17, 15) is 14.4 Å². The van der Waals surface area contributed by atoms with Crippen molar-refractivity contribution in [1.82, 2.24) is 4.98 Å². The van der Waals surface area contributed by atoms with Gasteiger partial charge < -0.3 is 15.2 Å². The van der Waals surface area contributed by atoms with Crippen LogP contribution in [0.4, 0.5) is 5.69 Å². The van der Waals surface area contributed by atoms with Crippen LogP contribution in [-0.2, 0) is 11.2 Å². The minimum absolute atomic E-state index is 0.0624. The average Bonchev–Trinajstić information content (AvgIpc) is 2.95. The molecule has 2 aromatic rings. The lowest BCUT2D eigenvalue weighted by molar-refractivity contribution is -0.885. The Bertz CT molecular complexity index is 898. The van der Waals surface area contributed by atoms with Gasteiger partial charge in [0.05, 0.1) is 12.7 Å². The van der Waals surface area contributed by atoms with Crippen LogP contribution in [0.25, 0.3) is 0 Å². The first-order valence-corrected chi connectivity index (χ1v) is 9.61. The Morgan fingerprint density at radius 1 is 1.18 bits per heavy atom. The molecular formula is C22H30N3O3+. The number of hydrogen-bond acceptors (Lipinski definition) is 3. The standard InChI is InChI=1S/C22H29N3O3/c1-7-17-10-8-9-11-18(17)24-19(27)12-25(6)15(4)22(28)21-13(2)20(16(5)26)14(3)23-21/h8-11,15,23H,7,12H2,1-6H3,(H,24,27)/p+1/t15-/m1/s1. The highest BCUT2D eigenvalue weighted by Crippen LogP contribution is 2.19. The fourth-order valence-electron chi connectivity index (χ4n) is 3.52. The summed E-state index contributed by atoms with van der Waals surface area (Å²) in [5.74, 6) is -0.304. The number of quaternary nitrogens is 1. The number of Topliss-reactive ketones (excluding diaryl/α,β-unsaturated/α-hetero) is 2. The molecule has 2 atom stereocenters. The zero-order valence-corrected chi connectivity index (χ0v) is 17.5. The molecule has 1 unspecified atom stereocenters. The molecule has 0 saturated carbocycles. The lowest BCUT2D eigenvalue weighted by atomic mass is 10.0. The summed E-state index contributed by atoms with van der Waals surface area (Å²) in [5.41, 5.74) is 4.28. The number of nitrogens with one attached hydrogen (secondary N) is 3. The van der Waals surface area contributed by atoms with Crippen LogP contribution >= 0.6 is 0 Å². The van der Waals surface area contributed by atoms with E-state index in [1.807, 2.05) is 38.2 Å². The van der Waals surface area contributed by atoms with Crippen molar-refractivity contribution >= 4 is 23.2 Å². The van der Waals surface area contributed by atoms with Crippen LogP contribution in [0.3, 0.4) is 0 Å². The van der Waals surface area contributed by atoms with Gasteiger partial charge in [0, 0.05) is 16.9 Å². The van der Waals surface area contributed by atoms with Gasteiger partial charge in [-0.25, -0.2) is 0 Å². The summed E-state index contributed by atoms with van der Waals surface area (Å²) >= 11 is 0. The van der Waals surface area contributed by atoms with E-state index in [-0.39, 0.29) is 24.0 Å². The van der Waals surface area contributed by atoms with Gasteiger partial charge in [0.1, 0.15) is 0 Å². The van der Waals surface area contributed by atoms with Crippen LogP contribution in [0.2, 0.25) is 0 Å². The zero-order chi connectivity index (χ0) is 21.0. The molecule has 0 saturated heterocycles. The van der Waals surface area contributed by atoms with Crippen LogP contribution < -0.4 is 10.2 Å². The van der Waals surface area contributed by atoms with Crippen molar-refractivity contribution in [2.75, 3.05) is 18.9 Å². The van der Waals surface area contributed by atoms with Crippen molar-refractivity contribution in [1.29, 1.82) is 0 Å². The molecule has 6 heteroatoms. The number of aryl methyl sites for hydroxylation is 2. The molecule has 1 aromatic heterocycles. The summed E-state index contributed by atoms with van der Waals surface area (Å²) in [6, 6.07) is 7.28. The maximum absolute atomic E-state index is 12.9. The molecule has 0 spiro atoms. The van der Waals surface area contributed by atoms with E-state index in [0.29, 0.717) is 22.5 Å². The molecule has 6 nitrogen and oxygen atoms in total.